The highest BCUT2D eigenvalue weighted by Gasteiger charge is 2.48. The fourth-order valence-electron chi connectivity index (χ4n) is 5.28. The van der Waals surface area contributed by atoms with E-state index in [1.165, 1.54) is 4.90 Å². The fourth-order valence-corrected chi connectivity index (χ4v) is 5.28. The molecule has 4 rings (SSSR count). The highest BCUT2D eigenvalue weighted by molar-refractivity contribution is 6.05. The standard InChI is InChI=1S/C23H30N2O5/c1-29-15-9-10-18(20(14-15)30-2)19-8-5-12-24(19)21(26)11-13-25-22(27)16-6-3-4-7-17(16)23(25)28/h9-10,14,16-17,19H,3-8,11-13H2,1-2H3/t16-,17-,19+/m1/s1. The Balaban J connectivity index is 1.43. The van der Waals surface area contributed by atoms with Crippen LogP contribution in [0.2, 0.25) is 0 Å². The van der Waals surface area contributed by atoms with Gasteiger partial charge in [-0.3, -0.25) is 19.3 Å². The number of rotatable bonds is 6. The lowest BCUT2D eigenvalue weighted by Crippen LogP contribution is -2.37. The van der Waals surface area contributed by atoms with Crippen molar-refractivity contribution in [3.63, 3.8) is 0 Å². The Bertz CT molecular complexity index is 815. The molecule has 0 N–H and O–H groups in total. The Labute approximate surface area is 177 Å². The molecule has 3 atom stereocenters. The third-order valence-corrected chi connectivity index (χ3v) is 6.85. The van der Waals surface area contributed by atoms with Gasteiger partial charge >= 0.3 is 0 Å². The van der Waals surface area contributed by atoms with Gasteiger partial charge in [-0.05, 0) is 37.8 Å². The lowest BCUT2D eigenvalue weighted by atomic mass is 9.81. The molecule has 3 amide bonds. The molecule has 2 aliphatic heterocycles. The van der Waals surface area contributed by atoms with E-state index in [0.29, 0.717) is 18.0 Å². The summed E-state index contributed by atoms with van der Waals surface area (Å²) in [5.41, 5.74) is 0.962. The molecule has 30 heavy (non-hydrogen) atoms. The average Bonchev–Trinajstić information content (AvgIpc) is 3.36. The smallest absolute Gasteiger partial charge is 0.233 e. The molecule has 0 radical (unpaired) electrons. The van der Waals surface area contributed by atoms with Crippen molar-refractivity contribution in [1.29, 1.82) is 0 Å². The minimum absolute atomic E-state index is 0.0224. The molecule has 0 aromatic heterocycles. The number of amides is 3. The summed E-state index contributed by atoms with van der Waals surface area (Å²) >= 11 is 0. The van der Waals surface area contributed by atoms with Gasteiger partial charge in [-0.2, -0.15) is 0 Å². The van der Waals surface area contributed by atoms with E-state index in [1.807, 2.05) is 23.1 Å². The molecule has 7 nitrogen and oxygen atoms in total. The van der Waals surface area contributed by atoms with Crippen molar-refractivity contribution >= 4 is 17.7 Å². The number of carbonyl (C=O) groups excluding carboxylic acids is 3. The number of likely N-dealkylation sites (tertiary alicyclic amines) is 2. The Kier molecular flexibility index (Phi) is 5.97. The minimum atomic E-state index is -0.163. The van der Waals surface area contributed by atoms with E-state index in [9.17, 15) is 14.4 Å². The van der Waals surface area contributed by atoms with Gasteiger partial charge in [-0.15, -0.1) is 0 Å². The molecular weight excluding hydrogens is 384 g/mol. The first-order chi connectivity index (χ1) is 14.5. The maximum Gasteiger partial charge on any atom is 0.233 e. The second-order valence-electron chi connectivity index (χ2n) is 8.43. The minimum Gasteiger partial charge on any atom is -0.497 e. The largest absolute Gasteiger partial charge is 0.497 e. The molecule has 2 heterocycles. The first kappa shape index (κ1) is 20.7. The van der Waals surface area contributed by atoms with Crippen LogP contribution in [0.15, 0.2) is 18.2 Å². The number of methoxy groups -OCH3 is 2. The van der Waals surface area contributed by atoms with Gasteiger partial charge in [-0.1, -0.05) is 12.8 Å². The predicted molar refractivity (Wildman–Crippen MR) is 110 cm³/mol. The fraction of sp³-hybridized carbons (Fsp3) is 0.609. The predicted octanol–water partition coefficient (Wildman–Crippen LogP) is 2.93. The maximum atomic E-state index is 13.0. The number of fused-ring (bicyclic) bond motifs is 1. The molecule has 3 aliphatic rings. The summed E-state index contributed by atoms with van der Waals surface area (Å²) < 4.78 is 10.8. The summed E-state index contributed by atoms with van der Waals surface area (Å²) in [5, 5.41) is 0. The van der Waals surface area contributed by atoms with Crippen molar-refractivity contribution in [3.05, 3.63) is 23.8 Å². The van der Waals surface area contributed by atoms with Gasteiger partial charge in [0.25, 0.3) is 0 Å². The van der Waals surface area contributed by atoms with Crippen LogP contribution in [0.1, 0.15) is 56.6 Å². The monoisotopic (exact) mass is 414 g/mol. The van der Waals surface area contributed by atoms with Crippen LogP contribution in [0.25, 0.3) is 0 Å². The second-order valence-corrected chi connectivity index (χ2v) is 8.43. The van der Waals surface area contributed by atoms with Crippen LogP contribution < -0.4 is 9.47 Å². The highest BCUT2D eigenvalue weighted by atomic mass is 16.5. The van der Waals surface area contributed by atoms with Gasteiger partial charge in [0.2, 0.25) is 17.7 Å². The van der Waals surface area contributed by atoms with Gasteiger partial charge in [0.05, 0.1) is 32.1 Å². The van der Waals surface area contributed by atoms with E-state index < -0.39 is 0 Å². The number of benzene rings is 1. The molecule has 1 aliphatic carbocycles. The van der Waals surface area contributed by atoms with Crippen molar-refractivity contribution in [3.8, 4) is 11.5 Å². The van der Waals surface area contributed by atoms with Crippen molar-refractivity contribution < 1.29 is 23.9 Å². The molecule has 0 unspecified atom stereocenters. The van der Waals surface area contributed by atoms with E-state index in [-0.39, 0.29) is 48.6 Å². The van der Waals surface area contributed by atoms with Crippen LogP contribution in [0.3, 0.4) is 0 Å². The molecule has 1 saturated carbocycles. The van der Waals surface area contributed by atoms with E-state index in [0.717, 1.165) is 44.1 Å². The molecular formula is C23H30N2O5. The van der Waals surface area contributed by atoms with E-state index in [2.05, 4.69) is 0 Å². The van der Waals surface area contributed by atoms with Gasteiger partial charge in [0.1, 0.15) is 11.5 Å². The molecule has 1 aromatic carbocycles. The normalized spacial score (nSPS) is 26.1. The van der Waals surface area contributed by atoms with Crippen LogP contribution in [-0.2, 0) is 14.4 Å². The summed E-state index contributed by atoms with van der Waals surface area (Å²) in [5.74, 6) is 0.909. The zero-order valence-electron chi connectivity index (χ0n) is 17.8. The zero-order chi connectivity index (χ0) is 21.3. The first-order valence-electron chi connectivity index (χ1n) is 10.9. The third kappa shape index (κ3) is 3.66. The SMILES string of the molecule is COc1ccc([C@@H]2CCCN2C(=O)CCN2C(=O)[C@@H]3CCCC[C@H]3C2=O)c(OC)c1. The van der Waals surface area contributed by atoms with Crippen LogP contribution >= 0.6 is 0 Å². The number of ether oxygens (including phenoxy) is 2. The van der Waals surface area contributed by atoms with Crippen molar-refractivity contribution in [2.75, 3.05) is 27.3 Å². The maximum absolute atomic E-state index is 13.0. The second kappa shape index (κ2) is 8.66. The molecule has 7 heteroatoms. The Hall–Kier alpha value is -2.57. The highest BCUT2D eigenvalue weighted by Crippen LogP contribution is 2.40. The molecule has 162 valence electrons. The van der Waals surface area contributed by atoms with Crippen LogP contribution in [0.4, 0.5) is 0 Å². The number of imide groups is 1. The molecule has 2 saturated heterocycles. The number of nitrogens with zero attached hydrogens (tertiary/aromatic N) is 2. The summed E-state index contributed by atoms with van der Waals surface area (Å²) in [6.45, 7) is 0.859. The Morgan fingerprint density at radius 2 is 1.70 bits per heavy atom. The summed E-state index contributed by atoms with van der Waals surface area (Å²) in [6.07, 6.45) is 5.55. The van der Waals surface area contributed by atoms with Crippen molar-refractivity contribution in [1.82, 2.24) is 9.80 Å². The third-order valence-electron chi connectivity index (χ3n) is 6.85. The van der Waals surface area contributed by atoms with E-state index in [1.54, 1.807) is 14.2 Å². The van der Waals surface area contributed by atoms with Gasteiger partial charge in [-0.25, -0.2) is 0 Å². The summed E-state index contributed by atoms with van der Waals surface area (Å²) in [4.78, 5) is 41.6. The van der Waals surface area contributed by atoms with Crippen molar-refractivity contribution in [2.45, 2.75) is 51.0 Å². The van der Waals surface area contributed by atoms with Crippen LogP contribution in [-0.4, -0.2) is 54.8 Å². The number of hydrogen-bond acceptors (Lipinski definition) is 5. The van der Waals surface area contributed by atoms with Crippen LogP contribution in [0, 0.1) is 11.8 Å². The average molecular weight is 415 g/mol. The Morgan fingerprint density at radius 1 is 1.00 bits per heavy atom. The molecule has 3 fully saturated rings. The first-order valence-corrected chi connectivity index (χ1v) is 10.9. The van der Waals surface area contributed by atoms with Gasteiger partial charge in [0.15, 0.2) is 0 Å². The molecule has 1 aromatic rings. The molecule has 0 bridgehead atoms. The summed E-state index contributed by atoms with van der Waals surface area (Å²) in [6, 6.07) is 5.60. The molecule has 0 spiro atoms. The van der Waals surface area contributed by atoms with E-state index in [4.69, 9.17) is 9.47 Å². The lowest BCUT2D eigenvalue weighted by Gasteiger charge is -2.27. The number of hydrogen-bond donors (Lipinski definition) is 0. The van der Waals surface area contributed by atoms with Gasteiger partial charge in [0, 0.05) is 31.1 Å². The topological polar surface area (TPSA) is 76.2 Å². The van der Waals surface area contributed by atoms with E-state index >= 15 is 0 Å². The van der Waals surface area contributed by atoms with Crippen LogP contribution in [0.5, 0.6) is 11.5 Å². The Morgan fingerprint density at radius 3 is 2.33 bits per heavy atom. The zero-order valence-corrected chi connectivity index (χ0v) is 17.8. The summed E-state index contributed by atoms with van der Waals surface area (Å²) in [7, 11) is 3.22. The number of carbonyl (C=O) groups is 3. The van der Waals surface area contributed by atoms with Gasteiger partial charge < -0.3 is 14.4 Å². The lowest BCUT2D eigenvalue weighted by molar-refractivity contribution is -0.141. The van der Waals surface area contributed by atoms with Crippen molar-refractivity contribution in [2.24, 2.45) is 11.8 Å². The quantitative estimate of drug-likeness (QED) is 0.669.